The van der Waals surface area contributed by atoms with Crippen molar-refractivity contribution >= 4 is 5.91 Å². The van der Waals surface area contributed by atoms with E-state index >= 15 is 0 Å². The lowest BCUT2D eigenvalue weighted by molar-refractivity contribution is -0.120. The molecule has 3 N–H and O–H groups in total. The first-order chi connectivity index (χ1) is 5.81. The largest absolute Gasteiger partial charge is 0.381 e. The molecule has 0 aromatic heterocycles. The second-order valence-corrected chi connectivity index (χ2v) is 2.53. The number of hydrogen-bond donors (Lipinski definition) is 2. The van der Waals surface area contributed by atoms with Crippen molar-refractivity contribution in [2.45, 2.75) is 19.3 Å². The number of nitrogens with one attached hydrogen (secondary N) is 1. The first-order valence-electron chi connectivity index (χ1n) is 4.29. The molecule has 0 unspecified atom stereocenters. The molecule has 0 saturated carbocycles. The monoisotopic (exact) mass is 174 g/mol. The predicted octanol–water partition coefficient (Wildman–Crippen LogP) is -0.122. The minimum Gasteiger partial charge on any atom is -0.381 e. The molecule has 0 atom stereocenters. The van der Waals surface area contributed by atoms with Gasteiger partial charge in [0.05, 0.1) is 0 Å². The average Bonchev–Trinajstić information content (AvgIpc) is 2.10. The van der Waals surface area contributed by atoms with Crippen LogP contribution in [0.1, 0.15) is 19.3 Å². The Hall–Kier alpha value is -0.610. The molecular formula is C8H18N2O2. The first kappa shape index (κ1) is 11.4. The molecule has 0 aliphatic carbocycles. The van der Waals surface area contributed by atoms with Crippen LogP contribution < -0.4 is 11.1 Å². The molecule has 0 radical (unpaired) electrons. The molecule has 0 aromatic rings. The number of amides is 1. The van der Waals surface area contributed by atoms with Crippen LogP contribution in [0.15, 0.2) is 0 Å². The molecule has 0 spiro atoms. The molecule has 1 amide bonds. The molecule has 72 valence electrons. The fraction of sp³-hybridized carbons (Fsp3) is 0.875. The van der Waals surface area contributed by atoms with Gasteiger partial charge in [-0.05, 0) is 19.4 Å². The minimum atomic E-state index is 0.0671. The Morgan fingerprint density at radius 2 is 2.08 bits per heavy atom. The lowest BCUT2D eigenvalue weighted by Crippen LogP contribution is -2.17. The fourth-order valence-electron chi connectivity index (χ4n) is 0.747. The summed E-state index contributed by atoms with van der Waals surface area (Å²) in [4.78, 5) is 10.7. The standard InChI is InChI=1S/C8H18N2O2/c1-10-8(11)4-2-6-12-7-3-5-9/h2-7,9H2,1H3,(H,10,11). The number of ether oxygens (including phenoxy) is 1. The Morgan fingerprint density at radius 1 is 1.42 bits per heavy atom. The summed E-state index contributed by atoms with van der Waals surface area (Å²) in [6, 6.07) is 0. The first-order valence-corrected chi connectivity index (χ1v) is 4.29. The SMILES string of the molecule is CNC(=O)CCCOCCCN. The van der Waals surface area contributed by atoms with Crippen LogP contribution in [0.5, 0.6) is 0 Å². The quantitative estimate of drug-likeness (QED) is 0.529. The summed E-state index contributed by atoms with van der Waals surface area (Å²) in [5.74, 6) is 0.0671. The van der Waals surface area contributed by atoms with Gasteiger partial charge in [0.2, 0.25) is 5.91 Å². The highest BCUT2D eigenvalue weighted by Crippen LogP contribution is 1.90. The number of rotatable bonds is 7. The second-order valence-electron chi connectivity index (χ2n) is 2.53. The maximum Gasteiger partial charge on any atom is 0.219 e. The Balaban J connectivity index is 2.95. The molecule has 0 aliphatic heterocycles. The van der Waals surface area contributed by atoms with E-state index in [1.165, 1.54) is 0 Å². The van der Waals surface area contributed by atoms with E-state index in [2.05, 4.69) is 5.32 Å². The van der Waals surface area contributed by atoms with E-state index in [0.717, 1.165) is 12.8 Å². The van der Waals surface area contributed by atoms with E-state index in [9.17, 15) is 4.79 Å². The van der Waals surface area contributed by atoms with E-state index in [0.29, 0.717) is 26.2 Å². The lowest BCUT2D eigenvalue weighted by atomic mass is 10.3. The van der Waals surface area contributed by atoms with Gasteiger partial charge in [0.1, 0.15) is 0 Å². The Bertz CT molecular complexity index is 118. The van der Waals surface area contributed by atoms with Gasteiger partial charge >= 0.3 is 0 Å². The van der Waals surface area contributed by atoms with E-state index in [1.807, 2.05) is 0 Å². The van der Waals surface area contributed by atoms with Gasteiger partial charge < -0.3 is 15.8 Å². The number of carbonyl (C=O) groups excluding carboxylic acids is 1. The summed E-state index contributed by atoms with van der Waals surface area (Å²) in [5.41, 5.74) is 5.27. The van der Waals surface area contributed by atoms with Crippen LogP contribution in [-0.2, 0) is 9.53 Å². The van der Waals surface area contributed by atoms with Crippen LogP contribution in [0.4, 0.5) is 0 Å². The molecule has 0 fully saturated rings. The van der Waals surface area contributed by atoms with Crippen LogP contribution in [0.2, 0.25) is 0 Å². The van der Waals surface area contributed by atoms with Crippen LogP contribution in [0, 0.1) is 0 Å². The highest BCUT2D eigenvalue weighted by molar-refractivity contribution is 5.75. The van der Waals surface area contributed by atoms with E-state index in [1.54, 1.807) is 7.05 Å². The van der Waals surface area contributed by atoms with Crippen LogP contribution >= 0.6 is 0 Å². The maximum atomic E-state index is 10.7. The van der Waals surface area contributed by atoms with Crippen molar-refractivity contribution in [3.05, 3.63) is 0 Å². The predicted molar refractivity (Wildman–Crippen MR) is 47.8 cm³/mol. The average molecular weight is 174 g/mol. The summed E-state index contributed by atoms with van der Waals surface area (Å²) < 4.78 is 5.21. The van der Waals surface area contributed by atoms with Crippen LogP contribution in [0.25, 0.3) is 0 Å². The number of nitrogens with two attached hydrogens (primary N) is 1. The van der Waals surface area contributed by atoms with Crippen LogP contribution in [0.3, 0.4) is 0 Å². The lowest BCUT2D eigenvalue weighted by Gasteiger charge is -2.02. The van der Waals surface area contributed by atoms with Gasteiger partial charge in [-0.25, -0.2) is 0 Å². The van der Waals surface area contributed by atoms with Gasteiger partial charge in [0, 0.05) is 26.7 Å². The van der Waals surface area contributed by atoms with E-state index in [-0.39, 0.29) is 5.91 Å². The van der Waals surface area contributed by atoms with Gasteiger partial charge in [0.15, 0.2) is 0 Å². The van der Waals surface area contributed by atoms with Crippen LogP contribution in [-0.4, -0.2) is 32.7 Å². The van der Waals surface area contributed by atoms with Gasteiger partial charge in [-0.15, -0.1) is 0 Å². The summed E-state index contributed by atoms with van der Waals surface area (Å²) >= 11 is 0. The van der Waals surface area contributed by atoms with Crippen molar-refractivity contribution in [2.24, 2.45) is 5.73 Å². The fourth-order valence-corrected chi connectivity index (χ4v) is 0.747. The highest BCUT2D eigenvalue weighted by Gasteiger charge is 1.96. The molecule has 4 nitrogen and oxygen atoms in total. The smallest absolute Gasteiger partial charge is 0.219 e. The molecule has 0 rings (SSSR count). The van der Waals surface area contributed by atoms with Gasteiger partial charge in [-0.3, -0.25) is 4.79 Å². The third-order valence-corrected chi connectivity index (χ3v) is 1.46. The minimum absolute atomic E-state index is 0.0671. The Morgan fingerprint density at radius 3 is 2.67 bits per heavy atom. The normalized spacial score (nSPS) is 9.83. The molecule has 4 heteroatoms. The zero-order valence-electron chi connectivity index (χ0n) is 7.64. The van der Waals surface area contributed by atoms with Gasteiger partial charge in [-0.1, -0.05) is 0 Å². The second kappa shape index (κ2) is 8.49. The third-order valence-electron chi connectivity index (χ3n) is 1.46. The van der Waals surface area contributed by atoms with Crippen molar-refractivity contribution in [3.63, 3.8) is 0 Å². The molecular weight excluding hydrogens is 156 g/mol. The van der Waals surface area contributed by atoms with Crippen molar-refractivity contribution < 1.29 is 9.53 Å². The number of hydrogen-bond acceptors (Lipinski definition) is 3. The summed E-state index contributed by atoms with van der Waals surface area (Å²) in [6.07, 6.45) is 2.21. The van der Waals surface area contributed by atoms with Crippen molar-refractivity contribution in [1.29, 1.82) is 0 Å². The van der Waals surface area contributed by atoms with E-state index < -0.39 is 0 Å². The van der Waals surface area contributed by atoms with Crippen molar-refractivity contribution in [1.82, 2.24) is 5.32 Å². The Kier molecular flexibility index (Phi) is 8.05. The molecule has 0 bridgehead atoms. The zero-order chi connectivity index (χ0) is 9.23. The topological polar surface area (TPSA) is 64.3 Å². The van der Waals surface area contributed by atoms with Crippen molar-refractivity contribution in [2.75, 3.05) is 26.8 Å². The van der Waals surface area contributed by atoms with Crippen molar-refractivity contribution in [3.8, 4) is 0 Å². The maximum absolute atomic E-state index is 10.7. The number of carbonyl (C=O) groups is 1. The molecule has 0 aromatic carbocycles. The van der Waals surface area contributed by atoms with Gasteiger partial charge in [-0.2, -0.15) is 0 Å². The summed E-state index contributed by atoms with van der Waals surface area (Å²) in [7, 11) is 1.64. The summed E-state index contributed by atoms with van der Waals surface area (Å²) in [6.45, 7) is 2.01. The molecule has 0 saturated heterocycles. The zero-order valence-corrected chi connectivity index (χ0v) is 7.64. The highest BCUT2D eigenvalue weighted by atomic mass is 16.5. The summed E-state index contributed by atoms with van der Waals surface area (Å²) in [5, 5.41) is 2.55. The van der Waals surface area contributed by atoms with E-state index in [4.69, 9.17) is 10.5 Å². The Labute approximate surface area is 73.5 Å². The van der Waals surface area contributed by atoms with Gasteiger partial charge in [0.25, 0.3) is 0 Å². The third kappa shape index (κ3) is 7.50. The molecule has 12 heavy (non-hydrogen) atoms. The molecule has 0 heterocycles. The molecule has 0 aliphatic rings.